The van der Waals surface area contributed by atoms with Gasteiger partial charge in [0.05, 0.1) is 17.3 Å². The standard InChI is InChI=1S/C14H21N3OS/c15-14(17-10-5-2-6-11-17)16-9-12-19(18)13-7-3-1-4-8-13/h1,3-4,7-8H,2,5-6,9-12H2,(H2,15,16). The summed E-state index contributed by atoms with van der Waals surface area (Å²) >= 11 is 0. The van der Waals surface area contributed by atoms with Crippen LogP contribution < -0.4 is 5.73 Å². The Morgan fingerprint density at radius 1 is 1.21 bits per heavy atom. The first-order valence-electron chi connectivity index (χ1n) is 6.75. The molecule has 0 spiro atoms. The summed E-state index contributed by atoms with van der Waals surface area (Å²) in [4.78, 5) is 7.32. The van der Waals surface area contributed by atoms with E-state index in [2.05, 4.69) is 9.89 Å². The Kier molecular flexibility index (Phi) is 5.39. The average Bonchev–Trinajstić information content (AvgIpc) is 2.49. The van der Waals surface area contributed by atoms with Gasteiger partial charge in [-0.05, 0) is 31.4 Å². The Hall–Kier alpha value is -1.36. The van der Waals surface area contributed by atoms with Gasteiger partial charge in [0.15, 0.2) is 5.96 Å². The summed E-state index contributed by atoms with van der Waals surface area (Å²) in [5, 5.41) is 0. The van der Waals surface area contributed by atoms with Gasteiger partial charge in [-0.2, -0.15) is 0 Å². The van der Waals surface area contributed by atoms with E-state index in [0.29, 0.717) is 18.3 Å². The van der Waals surface area contributed by atoms with Crippen molar-refractivity contribution < 1.29 is 4.21 Å². The molecule has 0 amide bonds. The maximum atomic E-state index is 12.0. The number of guanidine groups is 1. The molecule has 19 heavy (non-hydrogen) atoms. The van der Waals surface area contributed by atoms with Gasteiger partial charge >= 0.3 is 0 Å². The minimum Gasteiger partial charge on any atom is -0.370 e. The fraction of sp³-hybridized carbons (Fsp3) is 0.500. The summed E-state index contributed by atoms with van der Waals surface area (Å²) in [5.74, 6) is 1.13. The number of nitrogens with two attached hydrogens (primary N) is 1. The minimum atomic E-state index is -0.986. The minimum absolute atomic E-state index is 0.518. The molecule has 1 aromatic carbocycles. The number of hydrogen-bond donors (Lipinski definition) is 1. The van der Waals surface area contributed by atoms with Crippen LogP contribution in [-0.4, -0.2) is 40.5 Å². The number of aliphatic imine (C=N–C) groups is 1. The van der Waals surface area contributed by atoms with E-state index in [1.807, 2.05) is 30.3 Å². The smallest absolute Gasteiger partial charge is 0.191 e. The Morgan fingerprint density at radius 3 is 2.58 bits per heavy atom. The van der Waals surface area contributed by atoms with E-state index in [1.54, 1.807) is 0 Å². The van der Waals surface area contributed by atoms with E-state index in [1.165, 1.54) is 19.3 Å². The van der Waals surface area contributed by atoms with Crippen molar-refractivity contribution in [3.8, 4) is 0 Å². The van der Waals surface area contributed by atoms with Crippen molar-refractivity contribution >= 4 is 16.8 Å². The molecule has 1 fully saturated rings. The van der Waals surface area contributed by atoms with Crippen LogP contribution in [0, 0.1) is 0 Å². The van der Waals surface area contributed by atoms with Gasteiger partial charge in [0.1, 0.15) is 0 Å². The van der Waals surface area contributed by atoms with Crippen LogP contribution in [0.3, 0.4) is 0 Å². The lowest BCUT2D eigenvalue weighted by Gasteiger charge is -2.27. The third-order valence-corrected chi connectivity index (χ3v) is 4.59. The first-order valence-corrected chi connectivity index (χ1v) is 8.07. The molecule has 1 unspecified atom stereocenters. The molecule has 2 N–H and O–H groups in total. The highest BCUT2D eigenvalue weighted by atomic mass is 32.2. The van der Waals surface area contributed by atoms with Gasteiger partial charge in [-0.15, -0.1) is 0 Å². The van der Waals surface area contributed by atoms with Gasteiger partial charge in [0.25, 0.3) is 0 Å². The summed E-state index contributed by atoms with van der Waals surface area (Å²) in [7, 11) is -0.986. The summed E-state index contributed by atoms with van der Waals surface area (Å²) in [6.07, 6.45) is 3.65. The van der Waals surface area contributed by atoms with E-state index < -0.39 is 10.8 Å². The molecule has 1 atom stereocenters. The SMILES string of the molecule is NC(=NCCS(=O)c1ccccc1)N1CCCCC1. The van der Waals surface area contributed by atoms with E-state index in [4.69, 9.17) is 5.73 Å². The fourth-order valence-electron chi connectivity index (χ4n) is 2.16. The van der Waals surface area contributed by atoms with Crippen LogP contribution in [0.15, 0.2) is 40.2 Å². The molecule has 5 heteroatoms. The second-order valence-electron chi connectivity index (χ2n) is 4.65. The molecule has 104 valence electrons. The quantitative estimate of drug-likeness (QED) is 0.672. The molecule has 4 nitrogen and oxygen atoms in total. The zero-order chi connectivity index (χ0) is 13.5. The molecule has 1 aliphatic rings. The summed E-state index contributed by atoms with van der Waals surface area (Å²) < 4.78 is 12.0. The van der Waals surface area contributed by atoms with E-state index in [0.717, 1.165) is 18.0 Å². The van der Waals surface area contributed by atoms with Gasteiger partial charge in [0.2, 0.25) is 0 Å². The van der Waals surface area contributed by atoms with Crippen molar-refractivity contribution in [2.24, 2.45) is 10.7 Å². The lowest BCUT2D eigenvalue weighted by atomic mass is 10.1. The van der Waals surface area contributed by atoms with Crippen molar-refractivity contribution in [2.45, 2.75) is 24.2 Å². The first kappa shape index (κ1) is 14.1. The average molecular weight is 279 g/mol. The Balaban J connectivity index is 1.80. The first-order chi connectivity index (χ1) is 9.27. The van der Waals surface area contributed by atoms with Crippen LogP contribution in [0.4, 0.5) is 0 Å². The van der Waals surface area contributed by atoms with Crippen molar-refractivity contribution in [3.05, 3.63) is 30.3 Å². The normalized spacial score (nSPS) is 18.3. The summed E-state index contributed by atoms with van der Waals surface area (Å²) in [5.41, 5.74) is 5.95. The monoisotopic (exact) mass is 279 g/mol. The lowest BCUT2D eigenvalue weighted by Crippen LogP contribution is -2.41. The van der Waals surface area contributed by atoms with Crippen LogP contribution in [0.1, 0.15) is 19.3 Å². The van der Waals surface area contributed by atoms with E-state index >= 15 is 0 Å². The van der Waals surface area contributed by atoms with Crippen molar-refractivity contribution in [2.75, 3.05) is 25.4 Å². The van der Waals surface area contributed by atoms with Gasteiger partial charge in [0, 0.05) is 23.7 Å². The second kappa shape index (κ2) is 7.28. The fourth-order valence-corrected chi connectivity index (χ4v) is 3.11. The highest BCUT2D eigenvalue weighted by Gasteiger charge is 2.11. The van der Waals surface area contributed by atoms with Crippen molar-refractivity contribution in [1.82, 2.24) is 4.90 Å². The predicted molar refractivity (Wildman–Crippen MR) is 79.6 cm³/mol. The highest BCUT2D eigenvalue weighted by Crippen LogP contribution is 2.08. The third-order valence-electron chi connectivity index (χ3n) is 3.24. The van der Waals surface area contributed by atoms with E-state index in [9.17, 15) is 4.21 Å². The molecule has 0 radical (unpaired) electrons. The van der Waals surface area contributed by atoms with Crippen LogP contribution in [-0.2, 0) is 10.8 Å². The van der Waals surface area contributed by atoms with Gasteiger partial charge < -0.3 is 10.6 Å². The van der Waals surface area contributed by atoms with Crippen LogP contribution in [0.25, 0.3) is 0 Å². The topological polar surface area (TPSA) is 58.7 Å². The second-order valence-corrected chi connectivity index (χ2v) is 6.22. The number of hydrogen-bond acceptors (Lipinski definition) is 2. The Labute approximate surface area is 117 Å². The molecule has 1 heterocycles. The zero-order valence-corrected chi connectivity index (χ0v) is 11.9. The van der Waals surface area contributed by atoms with Crippen LogP contribution >= 0.6 is 0 Å². The highest BCUT2D eigenvalue weighted by molar-refractivity contribution is 7.85. The van der Waals surface area contributed by atoms with Crippen LogP contribution in [0.5, 0.6) is 0 Å². The number of rotatable bonds is 4. The molecule has 0 bridgehead atoms. The molecule has 0 saturated carbocycles. The third kappa shape index (κ3) is 4.35. The molecule has 1 aliphatic heterocycles. The number of benzene rings is 1. The molecule has 2 rings (SSSR count). The Bertz CT molecular complexity index is 441. The number of likely N-dealkylation sites (tertiary alicyclic amines) is 1. The van der Waals surface area contributed by atoms with Crippen LogP contribution in [0.2, 0.25) is 0 Å². The predicted octanol–water partition coefficient (Wildman–Crippen LogP) is 1.59. The summed E-state index contributed by atoms with van der Waals surface area (Å²) in [6, 6.07) is 9.49. The van der Waals surface area contributed by atoms with Gasteiger partial charge in [-0.1, -0.05) is 18.2 Å². The van der Waals surface area contributed by atoms with Crippen molar-refractivity contribution in [1.29, 1.82) is 0 Å². The maximum absolute atomic E-state index is 12.0. The molecule has 1 saturated heterocycles. The molecule has 0 aromatic heterocycles. The molecule has 0 aliphatic carbocycles. The molecular weight excluding hydrogens is 258 g/mol. The van der Waals surface area contributed by atoms with Gasteiger partial charge in [-0.25, -0.2) is 0 Å². The number of nitrogens with zero attached hydrogens (tertiary/aromatic N) is 2. The van der Waals surface area contributed by atoms with E-state index in [-0.39, 0.29) is 0 Å². The largest absolute Gasteiger partial charge is 0.370 e. The lowest BCUT2D eigenvalue weighted by molar-refractivity contribution is 0.338. The summed E-state index contributed by atoms with van der Waals surface area (Å²) in [6.45, 7) is 2.51. The molecule has 1 aromatic rings. The molecular formula is C14H21N3OS. The number of piperidine rings is 1. The van der Waals surface area contributed by atoms with Gasteiger partial charge in [-0.3, -0.25) is 9.20 Å². The van der Waals surface area contributed by atoms with Crippen molar-refractivity contribution in [3.63, 3.8) is 0 Å². The Morgan fingerprint density at radius 2 is 1.89 bits per heavy atom. The maximum Gasteiger partial charge on any atom is 0.191 e. The zero-order valence-electron chi connectivity index (χ0n) is 11.1.